The molecule has 2 atom stereocenters. The van der Waals surface area contributed by atoms with Gasteiger partial charge in [0, 0.05) is 5.56 Å². The maximum atomic E-state index is 13.3. The Kier molecular flexibility index (Phi) is 4.36. The summed E-state index contributed by atoms with van der Waals surface area (Å²) in [6.45, 7) is 7.16. The van der Waals surface area contributed by atoms with Gasteiger partial charge in [-0.1, -0.05) is 54.1 Å². The van der Waals surface area contributed by atoms with E-state index in [1.165, 1.54) is 0 Å². The zero-order valence-electron chi connectivity index (χ0n) is 15.4. The smallest absolute Gasteiger partial charge is 0.408 e. The van der Waals surface area contributed by atoms with E-state index in [0.717, 1.165) is 5.56 Å². The standard InChI is InChI=1S/C21H23NO4/c1-13-9-11-14(12-10-13)21(22-19(25)26-20(2,3)4)17(23)15-7-5-6-8-16(15)18(21)24/h5-12,17,23H,1-4H3,(H,22,25)/t17-,21-/m0/s1. The van der Waals surface area contributed by atoms with E-state index in [4.69, 9.17) is 4.74 Å². The Morgan fingerprint density at radius 3 is 2.31 bits per heavy atom. The fourth-order valence-electron chi connectivity index (χ4n) is 3.28. The first-order valence-corrected chi connectivity index (χ1v) is 8.55. The van der Waals surface area contributed by atoms with Crippen LogP contribution in [0.15, 0.2) is 48.5 Å². The van der Waals surface area contributed by atoms with Crippen LogP contribution >= 0.6 is 0 Å². The molecule has 0 fully saturated rings. The molecule has 0 aromatic heterocycles. The summed E-state index contributed by atoms with van der Waals surface area (Å²) in [6.07, 6.45) is -1.96. The Balaban J connectivity index is 2.11. The highest BCUT2D eigenvalue weighted by atomic mass is 16.6. The lowest BCUT2D eigenvalue weighted by Crippen LogP contribution is -2.53. The molecule has 2 N–H and O–H groups in total. The van der Waals surface area contributed by atoms with Gasteiger partial charge in [0.2, 0.25) is 0 Å². The van der Waals surface area contributed by atoms with Gasteiger partial charge in [-0.2, -0.15) is 0 Å². The van der Waals surface area contributed by atoms with Crippen LogP contribution in [-0.4, -0.2) is 22.6 Å². The quantitative estimate of drug-likeness (QED) is 0.864. The topological polar surface area (TPSA) is 75.6 Å². The van der Waals surface area contributed by atoms with Crippen molar-refractivity contribution in [2.24, 2.45) is 0 Å². The molecule has 5 heteroatoms. The molecule has 0 bridgehead atoms. The molecular weight excluding hydrogens is 330 g/mol. The lowest BCUT2D eigenvalue weighted by Gasteiger charge is -2.34. The molecule has 1 aliphatic rings. The lowest BCUT2D eigenvalue weighted by atomic mass is 9.83. The van der Waals surface area contributed by atoms with Crippen LogP contribution in [0.4, 0.5) is 4.79 Å². The molecule has 0 radical (unpaired) electrons. The highest BCUT2D eigenvalue weighted by molar-refractivity contribution is 6.10. The number of aliphatic hydroxyl groups is 1. The minimum Gasteiger partial charge on any atom is -0.444 e. The van der Waals surface area contributed by atoms with E-state index in [9.17, 15) is 14.7 Å². The summed E-state index contributed by atoms with van der Waals surface area (Å²) in [4.78, 5) is 25.8. The van der Waals surface area contributed by atoms with Gasteiger partial charge in [0.25, 0.3) is 0 Å². The van der Waals surface area contributed by atoms with Crippen molar-refractivity contribution in [1.29, 1.82) is 0 Å². The second-order valence-corrected chi connectivity index (χ2v) is 7.62. The van der Waals surface area contributed by atoms with Gasteiger partial charge < -0.3 is 15.2 Å². The lowest BCUT2D eigenvalue weighted by molar-refractivity contribution is 0.0237. The molecule has 3 rings (SSSR count). The molecule has 2 aromatic carbocycles. The molecule has 0 saturated carbocycles. The van der Waals surface area contributed by atoms with Crippen LogP contribution in [0, 0.1) is 6.92 Å². The van der Waals surface area contributed by atoms with Crippen LogP contribution in [0.25, 0.3) is 0 Å². The zero-order valence-corrected chi connectivity index (χ0v) is 15.4. The molecule has 2 aromatic rings. The highest BCUT2D eigenvalue weighted by Gasteiger charge is 2.55. The summed E-state index contributed by atoms with van der Waals surface area (Å²) >= 11 is 0. The normalized spacial score (nSPS) is 22.0. The van der Waals surface area contributed by atoms with Crippen molar-refractivity contribution in [1.82, 2.24) is 5.32 Å². The van der Waals surface area contributed by atoms with Crippen LogP contribution in [0.1, 0.15) is 53.9 Å². The Morgan fingerprint density at radius 1 is 1.12 bits per heavy atom. The van der Waals surface area contributed by atoms with Gasteiger partial charge in [-0.25, -0.2) is 4.79 Å². The Bertz CT molecular complexity index is 851. The van der Waals surface area contributed by atoms with E-state index < -0.39 is 23.3 Å². The predicted octanol–water partition coefficient (Wildman–Crippen LogP) is 3.64. The van der Waals surface area contributed by atoms with Gasteiger partial charge in [-0.05, 0) is 38.8 Å². The monoisotopic (exact) mass is 353 g/mol. The maximum absolute atomic E-state index is 13.3. The fraction of sp³-hybridized carbons (Fsp3) is 0.333. The Hall–Kier alpha value is -2.66. The van der Waals surface area contributed by atoms with Crippen molar-refractivity contribution < 1.29 is 19.4 Å². The number of benzene rings is 2. The van der Waals surface area contributed by atoms with Crippen LogP contribution in [0.2, 0.25) is 0 Å². The first-order chi connectivity index (χ1) is 12.1. The van der Waals surface area contributed by atoms with E-state index in [1.54, 1.807) is 57.2 Å². The molecular formula is C21H23NO4. The number of alkyl carbamates (subject to hydrolysis) is 1. The molecule has 5 nitrogen and oxygen atoms in total. The number of carbonyl (C=O) groups is 2. The minimum absolute atomic E-state index is 0.352. The molecule has 0 heterocycles. The summed E-state index contributed by atoms with van der Waals surface area (Å²) < 4.78 is 5.35. The maximum Gasteiger partial charge on any atom is 0.408 e. The average Bonchev–Trinajstić information content (AvgIpc) is 2.77. The molecule has 1 aliphatic carbocycles. The van der Waals surface area contributed by atoms with Gasteiger partial charge in [0.15, 0.2) is 11.3 Å². The van der Waals surface area contributed by atoms with Crippen molar-refractivity contribution in [3.05, 3.63) is 70.8 Å². The van der Waals surface area contributed by atoms with Gasteiger partial charge in [-0.15, -0.1) is 0 Å². The first kappa shape index (κ1) is 18.1. The molecule has 136 valence electrons. The number of Topliss-reactive ketones (excluding diaryl/α,β-unsaturated/α-hetero) is 1. The van der Waals surface area contributed by atoms with E-state index >= 15 is 0 Å². The number of hydrogen-bond donors (Lipinski definition) is 2. The third kappa shape index (κ3) is 2.99. The number of ether oxygens (including phenoxy) is 1. The van der Waals surface area contributed by atoms with Gasteiger partial charge in [0.05, 0.1) is 0 Å². The summed E-state index contributed by atoms with van der Waals surface area (Å²) in [6, 6.07) is 14.0. The van der Waals surface area contributed by atoms with Gasteiger partial charge in [0.1, 0.15) is 11.7 Å². The zero-order chi connectivity index (χ0) is 19.1. The summed E-state index contributed by atoms with van der Waals surface area (Å²) in [5, 5.41) is 13.7. The van der Waals surface area contributed by atoms with E-state index in [2.05, 4.69) is 5.32 Å². The summed E-state index contributed by atoms with van der Waals surface area (Å²) in [5.41, 5.74) is 0.0876. The number of ketones is 1. The number of fused-ring (bicyclic) bond motifs is 1. The van der Waals surface area contributed by atoms with Crippen LogP contribution in [-0.2, 0) is 10.3 Å². The first-order valence-electron chi connectivity index (χ1n) is 8.55. The van der Waals surface area contributed by atoms with Crippen molar-refractivity contribution >= 4 is 11.9 Å². The van der Waals surface area contributed by atoms with Crippen LogP contribution < -0.4 is 5.32 Å². The van der Waals surface area contributed by atoms with E-state index in [0.29, 0.717) is 16.7 Å². The molecule has 26 heavy (non-hydrogen) atoms. The fourth-order valence-corrected chi connectivity index (χ4v) is 3.28. The second kappa shape index (κ2) is 6.25. The molecule has 0 unspecified atom stereocenters. The Labute approximate surface area is 153 Å². The third-order valence-corrected chi connectivity index (χ3v) is 4.47. The minimum atomic E-state index is -1.61. The van der Waals surface area contributed by atoms with Crippen LogP contribution in [0.5, 0.6) is 0 Å². The van der Waals surface area contributed by atoms with Gasteiger partial charge >= 0.3 is 6.09 Å². The third-order valence-electron chi connectivity index (χ3n) is 4.47. The SMILES string of the molecule is Cc1ccc([C@@]2(NC(=O)OC(C)(C)C)C(=O)c3ccccc3[C@@H]2O)cc1. The molecule has 0 aliphatic heterocycles. The number of rotatable bonds is 2. The second-order valence-electron chi connectivity index (χ2n) is 7.62. The predicted molar refractivity (Wildman–Crippen MR) is 98.0 cm³/mol. The number of nitrogens with one attached hydrogen (secondary N) is 1. The van der Waals surface area contributed by atoms with Crippen molar-refractivity contribution in [3.63, 3.8) is 0 Å². The molecule has 0 spiro atoms. The summed E-state index contributed by atoms with van der Waals surface area (Å²) in [5.74, 6) is -0.352. The van der Waals surface area contributed by atoms with Crippen LogP contribution in [0.3, 0.4) is 0 Å². The van der Waals surface area contributed by atoms with Crippen molar-refractivity contribution in [2.45, 2.75) is 44.9 Å². The van der Waals surface area contributed by atoms with Crippen molar-refractivity contribution in [2.75, 3.05) is 0 Å². The van der Waals surface area contributed by atoms with E-state index in [-0.39, 0.29) is 5.78 Å². The number of aliphatic hydroxyl groups excluding tert-OH is 1. The van der Waals surface area contributed by atoms with E-state index in [1.807, 2.05) is 19.1 Å². The van der Waals surface area contributed by atoms with Crippen molar-refractivity contribution in [3.8, 4) is 0 Å². The number of aryl methyl sites for hydroxylation is 1. The largest absolute Gasteiger partial charge is 0.444 e. The van der Waals surface area contributed by atoms with Gasteiger partial charge in [-0.3, -0.25) is 4.79 Å². The molecule has 0 saturated heterocycles. The summed E-state index contributed by atoms with van der Waals surface area (Å²) in [7, 11) is 0. The Morgan fingerprint density at radius 2 is 1.73 bits per heavy atom. The molecule has 1 amide bonds. The number of carbonyl (C=O) groups excluding carboxylic acids is 2. The number of amides is 1. The average molecular weight is 353 g/mol. The highest BCUT2D eigenvalue weighted by Crippen LogP contribution is 2.45. The number of hydrogen-bond acceptors (Lipinski definition) is 4.